The van der Waals surface area contributed by atoms with E-state index in [-0.39, 0.29) is 11.7 Å². The van der Waals surface area contributed by atoms with Crippen molar-refractivity contribution in [2.45, 2.75) is 18.4 Å². The van der Waals surface area contributed by atoms with E-state index in [2.05, 4.69) is 10.3 Å². The lowest BCUT2D eigenvalue weighted by Crippen LogP contribution is -2.24. The molecule has 0 fully saturated rings. The molecule has 0 aliphatic heterocycles. The van der Waals surface area contributed by atoms with Crippen molar-refractivity contribution >= 4 is 29.0 Å². The molecule has 0 saturated heterocycles. The molecule has 0 spiro atoms. The Bertz CT molecular complexity index is 845. The molecule has 1 aromatic heterocycles. The third-order valence-corrected chi connectivity index (χ3v) is 5.33. The maximum absolute atomic E-state index is 12.8. The van der Waals surface area contributed by atoms with E-state index in [1.165, 1.54) is 23.9 Å². The van der Waals surface area contributed by atoms with Gasteiger partial charge < -0.3 is 5.32 Å². The lowest BCUT2D eigenvalue weighted by atomic mass is 10.1. The molecule has 6 heteroatoms. The summed E-state index contributed by atoms with van der Waals surface area (Å²) in [4.78, 5) is 17.3. The molecule has 0 saturated carbocycles. The van der Waals surface area contributed by atoms with Crippen LogP contribution in [0.3, 0.4) is 0 Å². The van der Waals surface area contributed by atoms with Crippen molar-refractivity contribution in [3.8, 4) is 11.3 Å². The fourth-order valence-electron chi connectivity index (χ4n) is 2.22. The zero-order valence-electron chi connectivity index (χ0n) is 13.7. The molecule has 0 aliphatic rings. The normalized spacial score (nSPS) is 10.6. The van der Waals surface area contributed by atoms with E-state index >= 15 is 0 Å². The summed E-state index contributed by atoms with van der Waals surface area (Å²) in [7, 11) is 0. The van der Waals surface area contributed by atoms with Crippen LogP contribution in [0.15, 0.2) is 58.8 Å². The minimum atomic E-state index is -0.273. The smallest absolute Gasteiger partial charge is 0.230 e. The molecule has 128 valence electrons. The van der Waals surface area contributed by atoms with Crippen LogP contribution in [-0.2, 0) is 11.3 Å². The van der Waals surface area contributed by atoms with E-state index in [9.17, 15) is 9.18 Å². The van der Waals surface area contributed by atoms with Gasteiger partial charge in [-0.05, 0) is 36.8 Å². The van der Waals surface area contributed by atoms with Gasteiger partial charge in [-0.2, -0.15) is 0 Å². The number of rotatable bonds is 6. The van der Waals surface area contributed by atoms with Crippen LogP contribution < -0.4 is 5.32 Å². The summed E-state index contributed by atoms with van der Waals surface area (Å²) in [6, 6.07) is 14.2. The van der Waals surface area contributed by atoms with Gasteiger partial charge in [0.25, 0.3) is 0 Å². The number of thiazole rings is 1. The summed E-state index contributed by atoms with van der Waals surface area (Å²) in [5.74, 6) is -0.0134. The molecule has 1 N–H and O–H groups in total. The number of amides is 1. The number of hydrogen-bond acceptors (Lipinski definition) is 4. The van der Waals surface area contributed by atoms with Crippen LogP contribution in [0.4, 0.5) is 4.39 Å². The highest BCUT2D eigenvalue weighted by Gasteiger charge is 2.05. The summed E-state index contributed by atoms with van der Waals surface area (Å²) in [5, 5.41) is 5.98. The molecule has 1 heterocycles. The van der Waals surface area contributed by atoms with E-state index in [0.29, 0.717) is 12.3 Å². The highest BCUT2D eigenvalue weighted by Crippen LogP contribution is 2.22. The zero-order chi connectivity index (χ0) is 17.6. The van der Waals surface area contributed by atoms with E-state index in [1.54, 1.807) is 23.5 Å². The van der Waals surface area contributed by atoms with Gasteiger partial charge in [0, 0.05) is 22.4 Å². The predicted octanol–water partition coefficient (Wildman–Crippen LogP) is 4.67. The van der Waals surface area contributed by atoms with Crippen LogP contribution in [0, 0.1) is 12.7 Å². The summed E-state index contributed by atoms with van der Waals surface area (Å²) in [5.41, 5.74) is 3.09. The first kappa shape index (κ1) is 17.6. The van der Waals surface area contributed by atoms with Gasteiger partial charge in [0.15, 0.2) is 0 Å². The fourth-order valence-corrected chi connectivity index (χ4v) is 3.57. The van der Waals surface area contributed by atoms with Gasteiger partial charge in [-0.25, -0.2) is 9.37 Å². The van der Waals surface area contributed by atoms with Gasteiger partial charge >= 0.3 is 0 Å². The van der Waals surface area contributed by atoms with Gasteiger partial charge in [0.2, 0.25) is 5.91 Å². The number of halogens is 1. The largest absolute Gasteiger partial charge is 0.351 e. The Kier molecular flexibility index (Phi) is 5.83. The molecule has 3 aromatic rings. The highest BCUT2D eigenvalue weighted by atomic mass is 32.2. The van der Waals surface area contributed by atoms with Crippen LogP contribution in [0.5, 0.6) is 0 Å². The lowest BCUT2D eigenvalue weighted by molar-refractivity contribution is -0.118. The minimum absolute atomic E-state index is 0.0477. The number of benzene rings is 2. The van der Waals surface area contributed by atoms with Crippen LogP contribution in [0.1, 0.15) is 10.6 Å². The summed E-state index contributed by atoms with van der Waals surface area (Å²) < 4.78 is 12.8. The van der Waals surface area contributed by atoms with Gasteiger partial charge in [-0.15, -0.1) is 23.1 Å². The molecule has 0 bridgehead atoms. The first-order valence-electron chi connectivity index (χ1n) is 7.77. The van der Waals surface area contributed by atoms with E-state index < -0.39 is 0 Å². The molecule has 1 amide bonds. The zero-order valence-corrected chi connectivity index (χ0v) is 15.3. The SMILES string of the molecule is Cc1nc(-c2ccc(CNC(=O)CSc3ccc(F)cc3)cc2)cs1. The maximum atomic E-state index is 12.8. The Hall–Kier alpha value is -2.18. The summed E-state index contributed by atoms with van der Waals surface area (Å²) >= 11 is 3.02. The maximum Gasteiger partial charge on any atom is 0.230 e. The average Bonchev–Trinajstić information content (AvgIpc) is 3.06. The topological polar surface area (TPSA) is 42.0 Å². The summed E-state index contributed by atoms with van der Waals surface area (Å²) in [6.07, 6.45) is 0. The number of thioether (sulfide) groups is 1. The first-order chi connectivity index (χ1) is 12.1. The third-order valence-electron chi connectivity index (χ3n) is 3.54. The molecule has 0 aliphatic carbocycles. The van der Waals surface area contributed by atoms with Crippen LogP contribution in [-0.4, -0.2) is 16.6 Å². The van der Waals surface area contributed by atoms with Crippen molar-refractivity contribution in [3.05, 3.63) is 70.3 Å². The van der Waals surface area contributed by atoms with Crippen molar-refractivity contribution in [2.24, 2.45) is 0 Å². The number of carbonyl (C=O) groups excluding carboxylic acids is 1. The Morgan fingerprint density at radius 2 is 1.88 bits per heavy atom. The second-order valence-electron chi connectivity index (χ2n) is 5.47. The predicted molar refractivity (Wildman–Crippen MR) is 101 cm³/mol. The fraction of sp³-hybridized carbons (Fsp3) is 0.158. The number of carbonyl (C=O) groups is 1. The van der Waals surface area contributed by atoms with E-state index in [1.807, 2.05) is 36.6 Å². The van der Waals surface area contributed by atoms with Crippen LogP contribution in [0.25, 0.3) is 11.3 Å². The first-order valence-corrected chi connectivity index (χ1v) is 9.63. The van der Waals surface area contributed by atoms with Gasteiger partial charge in [0.05, 0.1) is 16.5 Å². The van der Waals surface area contributed by atoms with Crippen molar-refractivity contribution in [2.75, 3.05) is 5.75 Å². The van der Waals surface area contributed by atoms with Crippen molar-refractivity contribution in [1.82, 2.24) is 10.3 Å². The van der Waals surface area contributed by atoms with Gasteiger partial charge in [-0.3, -0.25) is 4.79 Å². The van der Waals surface area contributed by atoms with E-state index in [0.717, 1.165) is 26.7 Å². The quantitative estimate of drug-likeness (QED) is 0.640. The Labute approximate surface area is 154 Å². The molecule has 2 aromatic carbocycles. The van der Waals surface area contributed by atoms with Crippen LogP contribution in [0.2, 0.25) is 0 Å². The minimum Gasteiger partial charge on any atom is -0.351 e. The van der Waals surface area contributed by atoms with Crippen molar-refractivity contribution in [1.29, 1.82) is 0 Å². The second kappa shape index (κ2) is 8.27. The lowest BCUT2D eigenvalue weighted by Gasteiger charge is -2.06. The van der Waals surface area contributed by atoms with Gasteiger partial charge in [0.1, 0.15) is 5.82 Å². The molecule has 0 atom stereocenters. The standard InChI is InChI=1S/C19H17FN2OS2/c1-13-22-18(11-24-13)15-4-2-14(3-5-15)10-21-19(23)12-25-17-8-6-16(20)7-9-17/h2-9,11H,10,12H2,1H3,(H,21,23). The number of hydrogen-bond donors (Lipinski definition) is 1. The molecular weight excluding hydrogens is 355 g/mol. The van der Waals surface area contributed by atoms with Crippen molar-refractivity contribution in [3.63, 3.8) is 0 Å². The molecule has 0 radical (unpaired) electrons. The number of nitrogens with one attached hydrogen (secondary N) is 1. The molecule has 3 rings (SSSR count). The van der Waals surface area contributed by atoms with Crippen molar-refractivity contribution < 1.29 is 9.18 Å². The summed E-state index contributed by atoms with van der Waals surface area (Å²) in [6.45, 7) is 2.47. The molecule has 3 nitrogen and oxygen atoms in total. The number of aromatic nitrogens is 1. The molecule has 25 heavy (non-hydrogen) atoms. The number of nitrogens with zero attached hydrogens (tertiary/aromatic N) is 1. The third kappa shape index (κ3) is 5.14. The molecule has 0 unspecified atom stereocenters. The second-order valence-corrected chi connectivity index (χ2v) is 7.58. The van der Waals surface area contributed by atoms with Gasteiger partial charge in [-0.1, -0.05) is 24.3 Å². The Morgan fingerprint density at radius 3 is 2.52 bits per heavy atom. The number of aryl methyl sites for hydroxylation is 1. The Morgan fingerprint density at radius 1 is 1.16 bits per heavy atom. The van der Waals surface area contributed by atoms with Crippen LogP contribution >= 0.6 is 23.1 Å². The highest BCUT2D eigenvalue weighted by molar-refractivity contribution is 8.00. The molecular formula is C19H17FN2OS2. The monoisotopic (exact) mass is 372 g/mol. The van der Waals surface area contributed by atoms with E-state index in [4.69, 9.17) is 0 Å². The Balaban J connectivity index is 1.47. The average molecular weight is 372 g/mol.